The minimum atomic E-state index is -0.0715. The molecule has 0 atom stereocenters. The van der Waals surface area contributed by atoms with Crippen molar-refractivity contribution in [3.63, 3.8) is 0 Å². The Balaban J connectivity index is 0. The summed E-state index contributed by atoms with van der Waals surface area (Å²) in [6, 6.07) is 0. The number of carbonyl (C=O) groups is 1. The van der Waals surface area contributed by atoms with E-state index in [-0.39, 0.29) is 35.5 Å². The van der Waals surface area contributed by atoms with E-state index in [0.717, 1.165) is 12.8 Å². The van der Waals surface area contributed by atoms with Gasteiger partial charge in [0.05, 0.1) is 7.11 Å². The monoisotopic (exact) mass is 348 g/mol. The third-order valence-electron chi connectivity index (χ3n) is 4.37. The maximum atomic E-state index is 10.9. The Hall–Kier alpha value is 0.210. The van der Waals surface area contributed by atoms with E-state index in [4.69, 9.17) is 0 Å². The standard InChI is InChI=1S/C21H40O2.Na.H/c1-3-4-5-6-7-8-9-10-11-12-13-14-15-16-17-18-19-20-21(22)23-2;;/h10-11H,3-9,12-20H2,1-2H3;;/b11-10-;;. The molecular weight excluding hydrogens is 307 g/mol. The molecule has 0 rings (SSSR count). The zero-order chi connectivity index (χ0) is 17.0. The summed E-state index contributed by atoms with van der Waals surface area (Å²) in [5.74, 6) is -0.0715. The summed E-state index contributed by atoms with van der Waals surface area (Å²) in [7, 11) is 1.46. The summed E-state index contributed by atoms with van der Waals surface area (Å²) < 4.78 is 4.63. The third kappa shape index (κ3) is 22.2. The fourth-order valence-corrected chi connectivity index (χ4v) is 2.80. The van der Waals surface area contributed by atoms with Gasteiger partial charge in [-0.2, -0.15) is 0 Å². The molecule has 0 spiro atoms. The Bertz CT molecular complexity index is 277. The van der Waals surface area contributed by atoms with Gasteiger partial charge in [-0.1, -0.05) is 83.3 Å². The number of methoxy groups -OCH3 is 1. The number of esters is 1. The summed E-state index contributed by atoms with van der Waals surface area (Å²) in [4.78, 5) is 10.9. The zero-order valence-electron chi connectivity index (χ0n) is 15.8. The van der Waals surface area contributed by atoms with Crippen LogP contribution in [0.3, 0.4) is 0 Å². The van der Waals surface area contributed by atoms with E-state index < -0.39 is 0 Å². The predicted molar refractivity (Wildman–Crippen MR) is 108 cm³/mol. The average Bonchev–Trinajstić information content (AvgIpc) is 2.57. The molecule has 0 aromatic heterocycles. The Morgan fingerprint density at radius 2 is 1.12 bits per heavy atom. The maximum absolute atomic E-state index is 10.9. The molecule has 0 bridgehead atoms. The van der Waals surface area contributed by atoms with Crippen LogP contribution in [0.4, 0.5) is 0 Å². The van der Waals surface area contributed by atoms with E-state index in [9.17, 15) is 4.79 Å². The molecule has 2 nitrogen and oxygen atoms in total. The van der Waals surface area contributed by atoms with Gasteiger partial charge >= 0.3 is 35.5 Å². The van der Waals surface area contributed by atoms with E-state index in [1.165, 1.54) is 90.6 Å². The molecule has 0 aromatic rings. The number of carbonyl (C=O) groups excluding carboxylic acids is 1. The first kappa shape index (κ1) is 26.4. The van der Waals surface area contributed by atoms with E-state index in [1.807, 2.05) is 0 Å². The second-order valence-electron chi connectivity index (χ2n) is 6.62. The van der Waals surface area contributed by atoms with E-state index in [1.54, 1.807) is 0 Å². The molecule has 0 fully saturated rings. The average molecular weight is 349 g/mol. The van der Waals surface area contributed by atoms with Crippen LogP contribution in [-0.4, -0.2) is 42.6 Å². The van der Waals surface area contributed by atoms with Gasteiger partial charge in [-0.15, -0.1) is 0 Å². The second-order valence-corrected chi connectivity index (χ2v) is 6.62. The Morgan fingerprint density at radius 3 is 1.58 bits per heavy atom. The van der Waals surface area contributed by atoms with Crippen LogP contribution < -0.4 is 0 Å². The minimum absolute atomic E-state index is 0. The van der Waals surface area contributed by atoms with Crippen LogP contribution in [0.5, 0.6) is 0 Å². The molecule has 138 valence electrons. The molecule has 0 radical (unpaired) electrons. The van der Waals surface area contributed by atoms with Gasteiger partial charge in [0, 0.05) is 6.42 Å². The molecule has 3 heteroatoms. The number of hydrogen-bond donors (Lipinski definition) is 0. The summed E-state index contributed by atoms with van der Waals surface area (Å²) in [5.41, 5.74) is 0. The van der Waals surface area contributed by atoms with E-state index >= 15 is 0 Å². The number of allylic oxidation sites excluding steroid dienone is 2. The first-order chi connectivity index (χ1) is 11.3. The molecule has 0 amide bonds. The van der Waals surface area contributed by atoms with E-state index in [2.05, 4.69) is 23.8 Å². The van der Waals surface area contributed by atoms with Crippen molar-refractivity contribution in [1.29, 1.82) is 0 Å². The van der Waals surface area contributed by atoms with Gasteiger partial charge in [0.1, 0.15) is 0 Å². The Morgan fingerprint density at radius 1 is 0.708 bits per heavy atom. The number of ether oxygens (including phenoxy) is 1. The molecule has 24 heavy (non-hydrogen) atoms. The van der Waals surface area contributed by atoms with Gasteiger partial charge in [0.2, 0.25) is 0 Å². The van der Waals surface area contributed by atoms with Crippen LogP contribution in [0.25, 0.3) is 0 Å². The quantitative estimate of drug-likeness (QED) is 0.133. The Labute approximate surface area is 173 Å². The van der Waals surface area contributed by atoms with Crippen molar-refractivity contribution in [2.24, 2.45) is 0 Å². The van der Waals surface area contributed by atoms with Crippen molar-refractivity contribution >= 4 is 35.5 Å². The van der Waals surface area contributed by atoms with Crippen LogP contribution in [0.2, 0.25) is 0 Å². The van der Waals surface area contributed by atoms with Crippen LogP contribution in [-0.2, 0) is 9.53 Å². The molecule has 0 aromatic carbocycles. The summed E-state index contributed by atoms with van der Waals surface area (Å²) in [6.45, 7) is 2.27. The van der Waals surface area contributed by atoms with Gasteiger partial charge in [-0.05, 0) is 32.1 Å². The topological polar surface area (TPSA) is 26.3 Å². The van der Waals surface area contributed by atoms with Crippen molar-refractivity contribution in [3.8, 4) is 0 Å². The fourth-order valence-electron chi connectivity index (χ4n) is 2.80. The van der Waals surface area contributed by atoms with Gasteiger partial charge in [0.25, 0.3) is 0 Å². The van der Waals surface area contributed by atoms with Gasteiger partial charge in [-0.25, -0.2) is 0 Å². The van der Waals surface area contributed by atoms with Crippen LogP contribution in [0, 0.1) is 0 Å². The molecule has 0 unspecified atom stereocenters. The second kappa shape index (κ2) is 23.2. The molecular formula is C21H41NaO2. The Kier molecular flexibility index (Phi) is 25.6. The first-order valence-corrected chi connectivity index (χ1v) is 10.0. The van der Waals surface area contributed by atoms with Crippen molar-refractivity contribution in [3.05, 3.63) is 12.2 Å². The summed E-state index contributed by atoms with van der Waals surface area (Å²) >= 11 is 0. The van der Waals surface area contributed by atoms with Gasteiger partial charge in [-0.3, -0.25) is 4.79 Å². The van der Waals surface area contributed by atoms with Crippen LogP contribution >= 0.6 is 0 Å². The van der Waals surface area contributed by atoms with E-state index in [0.29, 0.717) is 6.42 Å². The zero-order valence-corrected chi connectivity index (χ0v) is 15.8. The molecule has 0 N–H and O–H groups in total. The summed E-state index contributed by atoms with van der Waals surface area (Å²) in [5, 5.41) is 0. The third-order valence-corrected chi connectivity index (χ3v) is 4.37. The number of unbranched alkanes of at least 4 members (excludes halogenated alkanes) is 13. The first-order valence-electron chi connectivity index (χ1n) is 10.0. The van der Waals surface area contributed by atoms with Gasteiger partial charge in [0.15, 0.2) is 0 Å². The molecule has 0 aliphatic rings. The van der Waals surface area contributed by atoms with Crippen molar-refractivity contribution < 1.29 is 9.53 Å². The molecule has 0 saturated carbocycles. The predicted octanol–water partition coefficient (Wildman–Crippen LogP) is 6.33. The SMILES string of the molecule is CCCCCCCC/C=C\CCCCCCCCCC(=O)OC.[NaH]. The number of rotatable bonds is 17. The fraction of sp³-hybridized carbons (Fsp3) is 0.857. The van der Waals surface area contributed by atoms with Gasteiger partial charge < -0.3 is 4.74 Å². The molecule has 0 aliphatic carbocycles. The summed E-state index contributed by atoms with van der Waals surface area (Å²) in [6.07, 6.45) is 24.9. The molecule has 0 heterocycles. The van der Waals surface area contributed by atoms with Crippen molar-refractivity contribution in [2.75, 3.05) is 7.11 Å². The molecule has 0 saturated heterocycles. The molecule has 0 aliphatic heterocycles. The van der Waals surface area contributed by atoms with Crippen molar-refractivity contribution in [2.45, 2.75) is 110 Å². The number of hydrogen-bond acceptors (Lipinski definition) is 2. The van der Waals surface area contributed by atoms with Crippen LogP contribution in [0.15, 0.2) is 12.2 Å². The normalized spacial score (nSPS) is 10.8. The van der Waals surface area contributed by atoms with Crippen molar-refractivity contribution in [1.82, 2.24) is 0 Å². The van der Waals surface area contributed by atoms with Crippen LogP contribution in [0.1, 0.15) is 110 Å².